The number of alkyl halides is 3. The van der Waals surface area contributed by atoms with Crippen molar-refractivity contribution in [2.45, 2.75) is 19.1 Å². The van der Waals surface area contributed by atoms with Crippen LogP contribution in [0.15, 0.2) is 36.7 Å². The molecule has 106 valence electrons. The van der Waals surface area contributed by atoms with Crippen molar-refractivity contribution in [3.8, 4) is 11.1 Å². The van der Waals surface area contributed by atoms with Gasteiger partial charge in [0.05, 0.1) is 5.56 Å². The molecule has 1 unspecified atom stereocenters. The van der Waals surface area contributed by atoms with Crippen LogP contribution in [-0.4, -0.2) is 4.98 Å². The molecule has 0 saturated carbocycles. The van der Waals surface area contributed by atoms with Crippen molar-refractivity contribution in [3.63, 3.8) is 0 Å². The van der Waals surface area contributed by atoms with Crippen LogP contribution in [0.4, 0.5) is 17.6 Å². The highest BCUT2D eigenvalue weighted by Crippen LogP contribution is 2.37. The monoisotopic (exact) mass is 284 g/mol. The summed E-state index contributed by atoms with van der Waals surface area (Å²) in [6.07, 6.45) is -2.54. The first-order chi connectivity index (χ1) is 9.30. The van der Waals surface area contributed by atoms with E-state index in [9.17, 15) is 17.6 Å². The third kappa shape index (κ3) is 2.80. The van der Waals surface area contributed by atoms with Crippen molar-refractivity contribution in [3.05, 3.63) is 53.6 Å². The van der Waals surface area contributed by atoms with E-state index in [0.717, 1.165) is 24.5 Å². The zero-order chi connectivity index (χ0) is 14.9. The van der Waals surface area contributed by atoms with Gasteiger partial charge in [-0.05, 0) is 30.7 Å². The second kappa shape index (κ2) is 5.20. The fraction of sp³-hybridized carbons (Fsp3) is 0.214. The zero-order valence-electron chi connectivity index (χ0n) is 10.6. The quantitative estimate of drug-likeness (QED) is 0.849. The highest BCUT2D eigenvalue weighted by atomic mass is 19.4. The molecule has 0 fully saturated rings. The highest BCUT2D eigenvalue weighted by Gasteiger charge is 2.34. The Morgan fingerprint density at radius 2 is 1.85 bits per heavy atom. The van der Waals surface area contributed by atoms with Gasteiger partial charge in [0.1, 0.15) is 5.82 Å². The second-order valence-electron chi connectivity index (χ2n) is 4.45. The van der Waals surface area contributed by atoms with Crippen molar-refractivity contribution < 1.29 is 17.6 Å². The maximum Gasteiger partial charge on any atom is 0.417 e. The summed E-state index contributed by atoms with van der Waals surface area (Å²) in [5.41, 5.74) is 4.86. The second-order valence-corrected chi connectivity index (χ2v) is 4.45. The molecular formula is C14H12F4N2. The zero-order valence-corrected chi connectivity index (χ0v) is 10.6. The SMILES string of the molecule is CC(N)c1ccc(F)c(-c2cnccc2C(F)(F)F)c1. The van der Waals surface area contributed by atoms with Gasteiger partial charge in [-0.2, -0.15) is 13.2 Å². The summed E-state index contributed by atoms with van der Waals surface area (Å²) in [7, 11) is 0. The maximum absolute atomic E-state index is 13.9. The smallest absolute Gasteiger partial charge is 0.324 e. The van der Waals surface area contributed by atoms with Crippen LogP contribution in [0.25, 0.3) is 11.1 Å². The molecule has 2 aromatic rings. The summed E-state index contributed by atoms with van der Waals surface area (Å²) >= 11 is 0. The van der Waals surface area contributed by atoms with Gasteiger partial charge in [-0.3, -0.25) is 4.98 Å². The van der Waals surface area contributed by atoms with E-state index in [1.807, 2.05) is 0 Å². The third-order valence-corrected chi connectivity index (χ3v) is 2.93. The van der Waals surface area contributed by atoms with E-state index in [4.69, 9.17) is 5.73 Å². The molecule has 2 rings (SSSR count). The third-order valence-electron chi connectivity index (χ3n) is 2.93. The van der Waals surface area contributed by atoms with Crippen molar-refractivity contribution in [2.75, 3.05) is 0 Å². The molecule has 0 aliphatic heterocycles. The lowest BCUT2D eigenvalue weighted by atomic mass is 9.97. The Balaban J connectivity index is 2.66. The Hall–Kier alpha value is -1.95. The van der Waals surface area contributed by atoms with Gasteiger partial charge in [0.15, 0.2) is 0 Å². The first-order valence-electron chi connectivity index (χ1n) is 5.87. The van der Waals surface area contributed by atoms with Crippen LogP contribution in [0.3, 0.4) is 0 Å². The lowest BCUT2D eigenvalue weighted by molar-refractivity contribution is -0.137. The first-order valence-corrected chi connectivity index (χ1v) is 5.87. The van der Waals surface area contributed by atoms with Crippen LogP contribution in [0.5, 0.6) is 0 Å². The summed E-state index contributed by atoms with van der Waals surface area (Å²) in [4.78, 5) is 3.65. The Morgan fingerprint density at radius 1 is 1.15 bits per heavy atom. The summed E-state index contributed by atoms with van der Waals surface area (Å²) in [6.45, 7) is 1.67. The predicted octanol–water partition coefficient (Wildman–Crippen LogP) is 3.93. The number of nitrogens with two attached hydrogens (primary N) is 1. The molecule has 1 aromatic carbocycles. The minimum atomic E-state index is -4.57. The lowest BCUT2D eigenvalue weighted by Gasteiger charge is -2.14. The molecule has 20 heavy (non-hydrogen) atoms. The number of pyridine rings is 1. The average molecular weight is 284 g/mol. The van der Waals surface area contributed by atoms with Crippen LogP contribution in [0.1, 0.15) is 24.1 Å². The first kappa shape index (κ1) is 14.5. The number of benzene rings is 1. The fourth-order valence-electron chi connectivity index (χ4n) is 1.89. The minimum absolute atomic E-state index is 0.153. The van der Waals surface area contributed by atoms with E-state index >= 15 is 0 Å². The van der Waals surface area contributed by atoms with E-state index in [0.29, 0.717) is 5.56 Å². The van der Waals surface area contributed by atoms with E-state index in [1.165, 1.54) is 12.1 Å². The Bertz CT molecular complexity index is 621. The molecule has 0 spiro atoms. The molecule has 0 aliphatic rings. The highest BCUT2D eigenvalue weighted by molar-refractivity contribution is 5.68. The number of nitrogens with zero attached hydrogens (tertiary/aromatic N) is 1. The molecule has 1 atom stereocenters. The van der Waals surface area contributed by atoms with E-state index in [-0.39, 0.29) is 11.1 Å². The molecule has 6 heteroatoms. The lowest BCUT2D eigenvalue weighted by Crippen LogP contribution is -2.09. The van der Waals surface area contributed by atoms with Crippen LogP contribution in [-0.2, 0) is 6.18 Å². The van der Waals surface area contributed by atoms with Gasteiger partial charge in [-0.1, -0.05) is 6.07 Å². The van der Waals surface area contributed by atoms with Gasteiger partial charge < -0.3 is 5.73 Å². The molecule has 1 aromatic heterocycles. The topological polar surface area (TPSA) is 38.9 Å². The van der Waals surface area contributed by atoms with Gasteiger partial charge in [0.25, 0.3) is 0 Å². The largest absolute Gasteiger partial charge is 0.417 e. The normalized spacial score (nSPS) is 13.3. The Labute approximate surface area is 113 Å². The average Bonchev–Trinajstić information content (AvgIpc) is 2.38. The van der Waals surface area contributed by atoms with Crippen LogP contribution >= 0.6 is 0 Å². The number of rotatable bonds is 2. The van der Waals surface area contributed by atoms with E-state index < -0.39 is 23.6 Å². The summed E-state index contributed by atoms with van der Waals surface area (Å²) in [6, 6.07) is 4.31. The van der Waals surface area contributed by atoms with Crippen LogP contribution < -0.4 is 5.73 Å². The number of halogens is 4. The number of aromatic nitrogens is 1. The summed E-state index contributed by atoms with van der Waals surface area (Å²) < 4.78 is 52.7. The van der Waals surface area contributed by atoms with E-state index in [1.54, 1.807) is 6.92 Å². The molecule has 2 nitrogen and oxygen atoms in total. The van der Waals surface area contributed by atoms with Gasteiger partial charge in [0, 0.05) is 29.6 Å². The molecule has 0 aliphatic carbocycles. The van der Waals surface area contributed by atoms with Crippen molar-refractivity contribution in [1.82, 2.24) is 4.98 Å². The molecule has 0 amide bonds. The minimum Gasteiger partial charge on any atom is -0.324 e. The fourth-order valence-corrected chi connectivity index (χ4v) is 1.89. The predicted molar refractivity (Wildman–Crippen MR) is 67.2 cm³/mol. The number of hydrogen-bond acceptors (Lipinski definition) is 2. The van der Waals surface area contributed by atoms with Gasteiger partial charge in [0.2, 0.25) is 0 Å². The molecule has 2 N–H and O–H groups in total. The summed E-state index contributed by atoms with van der Waals surface area (Å²) in [5, 5.41) is 0. The van der Waals surface area contributed by atoms with Gasteiger partial charge in [-0.15, -0.1) is 0 Å². The number of hydrogen-bond donors (Lipinski definition) is 1. The molecule has 0 saturated heterocycles. The molecule has 1 heterocycles. The van der Waals surface area contributed by atoms with Crippen molar-refractivity contribution >= 4 is 0 Å². The van der Waals surface area contributed by atoms with Crippen molar-refractivity contribution in [2.24, 2.45) is 5.73 Å². The molecule has 0 radical (unpaired) electrons. The molecular weight excluding hydrogens is 272 g/mol. The van der Waals surface area contributed by atoms with Crippen LogP contribution in [0.2, 0.25) is 0 Å². The summed E-state index contributed by atoms with van der Waals surface area (Å²) in [5.74, 6) is -0.743. The van der Waals surface area contributed by atoms with Gasteiger partial charge >= 0.3 is 6.18 Å². The Morgan fingerprint density at radius 3 is 2.45 bits per heavy atom. The standard InChI is InChI=1S/C14H12F4N2/c1-8(19)9-2-3-13(15)10(6-9)11-7-20-5-4-12(11)14(16,17)18/h2-8H,19H2,1H3. The van der Waals surface area contributed by atoms with E-state index in [2.05, 4.69) is 4.98 Å². The Kier molecular flexibility index (Phi) is 3.76. The van der Waals surface area contributed by atoms with Gasteiger partial charge in [-0.25, -0.2) is 4.39 Å². The molecule has 0 bridgehead atoms. The van der Waals surface area contributed by atoms with Crippen LogP contribution in [0, 0.1) is 5.82 Å². The van der Waals surface area contributed by atoms with Crippen molar-refractivity contribution in [1.29, 1.82) is 0 Å². The maximum atomic E-state index is 13.9.